The van der Waals surface area contributed by atoms with Gasteiger partial charge in [-0.2, -0.15) is 0 Å². The summed E-state index contributed by atoms with van der Waals surface area (Å²) in [6.07, 6.45) is 4.27. The van der Waals surface area contributed by atoms with Crippen LogP contribution in [0.25, 0.3) is 0 Å². The van der Waals surface area contributed by atoms with Gasteiger partial charge in [0.05, 0.1) is 14.0 Å². The van der Waals surface area contributed by atoms with E-state index in [2.05, 4.69) is 13.8 Å². The summed E-state index contributed by atoms with van der Waals surface area (Å²) in [5.41, 5.74) is 0. The molecule has 0 spiro atoms. The number of hydrogen-bond donors (Lipinski definition) is 0. The molecule has 0 aliphatic heterocycles. The fourth-order valence-corrected chi connectivity index (χ4v) is 5.46. The smallest absolute Gasteiger partial charge is 0.210 e. The minimum absolute atomic E-state index is 0.185. The van der Waals surface area contributed by atoms with E-state index in [-0.39, 0.29) is 5.78 Å². The van der Waals surface area contributed by atoms with E-state index < -0.39 is 0 Å². The number of carbonyl (C=O) groups excluding carboxylic acids is 1. The molecule has 0 fully saturated rings. The number of rotatable bonds is 9. The molecule has 1 nitrogen and oxygen atoms in total. The number of thioether (sulfide) groups is 3. The van der Waals surface area contributed by atoms with Gasteiger partial charge in [-0.3, -0.25) is 4.79 Å². The highest BCUT2D eigenvalue weighted by atomic mass is 32.2. The Morgan fingerprint density at radius 2 is 1.84 bits per heavy atom. The van der Waals surface area contributed by atoms with Crippen LogP contribution in [0.15, 0.2) is 26.7 Å². The molecular formula is C14H20OS4. The minimum Gasteiger partial charge on any atom is -0.287 e. The maximum Gasteiger partial charge on any atom is 0.210 e. The van der Waals surface area contributed by atoms with E-state index in [0.29, 0.717) is 0 Å². The Bertz CT molecular complexity index is 399. The second kappa shape index (κ2) is 9.97. The molecule has 1 aromatic heterocycles. The number of hydrogen-bond acceptors (Lipinski definition) is 5. The molecule has 0 N–H and O–H groups in total. The zero-order valence-electron chi connectivity index (χ0n) is 11.6. The van der Waals surface area contributed by atoms with Crippen molar-refractivity contribution in [2.24, 2.45) is 0 Å². The zero-order chi connectivity index (χ0) is 14.1. The van der Waals surface area contributed by atoms with Crippen LogP contribution in [-0.4, -0.2) is 23.5 Å². The van der Waals surface area contributed by atoms with Crippen LogP contribution >= 0.6 is 46.6 Å². The summed E-state index contributed by atoms with van der Waals surface area (Å²) in [5.74, 6) is 2.34. The summed E-state index contributed by atoms with van der Waals surface area (Å²) >= 11 is 6.76. The Morgan fingerprint density at radius 3 is 2.26 bits per heavy atom. The first-order valence-corrected chi connectivity index (χ1v) is 10.4. The van der Waals surface area contributed by atoms with E-state index in [9.17, 15) is 4.79 Å². The van der Waals surface area contributed by atoms with E-state index in [1.807, 2.05) is 47.3 Å². The van der Waals surface area contributed by atoms with Gasteiger partial charge in [-0.05, 0) is 42.0 Å². The molecule has 0 unspecified atom stereocenters. The summed E-state index contributed by atoms with van der Waals surface area (Å²) in [7, 11) is 0. The summed E-state index contributed by atoms with van der Waals surface area (Å²) in [5, 5.41) is 1.96. The van der Waals surface area contributed by atoms with Crippen molar-refractivity contribution in [3.8, 4) is 0 Å². The van der Waals surface area contributed by atoms with Crippen molar-refractivity contribution in [3.05, 3.63) is 31.5 Å². The first-order valence-electron chi connectivity index (χ1n) is 6.36. The van der Waals surface area contributed by atoms with Crippen LogP contribution in [0.2, 0.25) is 0 Å². The molecule has 0 saturated heterocycles. The maximum atomic E-state index is 12.5. The third-order valence-corrected chi connectivity index (χ3v) is 7.00. The molecule has 0 saturated carbocycles. The van der Waals surface area contributed by atoms with E-state index >= 15 is 0 Å². The molecule has 1 heterocycles. The van der Waals surface area contributed by atoms with E-state index in [1.54, 1.807) is 11.8 Å². The van der Waals surface area contributed by atoms with Crippen molar-refractivity contribution < 1.29 is 4.79 Å². The predicted molar refractivity (Wildman–Crippen MR) is 94.7 cm³/mol. The van der Waals surface area contributed by atoms with E-state index in [0.717, 1.165) is 34.1 Å². The summed E-state index contributed by atoms with van der Waals surface area (Å²) < 4.78 is 1.20. The highest BCUT2D eigenvalue weighted by molar-refractivity contribution is 8.23. The minimum atomic E-state index is 0.185. The molecule has 1 rings (SSSR count). The second-order valence-corrected chi connectivity index (χ2v) is 8.06. The molecule has 0 atom stereocenters. The summed E-state index contributed by atoms with van der Waals surface area (Å²) in [6, 6.07) is 3.85. The Morgan fingerprint density at radius 1 is 1.21 bits per heavy atom. The lowest BCUT2D eigenvalue weighted by Gasteiger charge is -2.11. The lowest BCUT2D eigenvalue weighted by molar-refractivity contribution is 0.104. The monoisotopic (exact) mass is 332 g/mol. The molecule has 0 aliphatic carbocycles. The van der Waals surface area contributed by atoms with Gasteiger partial charge < -0.3 is 0 Å². The van der Waals surface area contributed by atoms with Gasteiger partial charge in [0.15, 0.2) is 0 Å². The van der Waals surface area contributed by atoms with Gasteiger partial charge in [-0.1, -0.05) is 19.9 Å². The zero-order valence-corrected chi connectivity index (χ0v) is 14.9. The molecule has 106 valence electrons. The largest absolute Gasteiger partial charge is 0.287 e. The molecular weight excluding hydrogens is 312 g/mol. The van der Waals surface area contributed by atoms with Crippen molar-refractivity contribution in [2.45, 2.75) is 26.7 Å². The molecule has 19 heavy (non-hydrogen) atoms. The molecule has 0 radical (unpaired) electrons. The number of ketones is 1. The first kappa shape index (κ1) is 17.2. The number of thiophene rings is 1. The average Bonchev–Trinajstić information content (AvgIpc) is 2.95. The van der Waals surface area contributed by atoms with Crippen LogP contribution in [0.1, 0.15) is 36.4 Å². The molecule has 5 heteroatoms. The number of Topliss-reactive ketones (excluding diaryl/α,β-unsaturated/α-hetero) is 1. The quantitative estimate of drug-likeness (QED) is 0.423. The second-order valence-electron chi connectivity index (χ2n) is 3.82. The van der Waals surface area contributed by atoms with E-state index in [4.69, 9.17) is 0 Å². The third kappa shape index (κ3) is 5.58. The molecule has 0 bridgehead atoms. The van der Waals surface area contributed by atoms with Crippen LogP contribution < -0.4 is 0 Å². The average molecular weight is 333 g/mol. The summed E-state index contributed by atoms with van der Waals surface area (Å²) in [4.78, 5) is 14.3. The van der Waals surface area contributed by atoms with Gasteiger partial charge in [0.2, 0.25) is 5.78 Å². The van der Waals surface area contributed by atoms with Crippen LogP contribution in [-0.2, 0) is 0 Å². The molecule has 1 aromatic rings. The lowest BCUT2D eigenvalue weighted by Crippen LogP contribution is -2.00. The van der Waals surface area contributed by atoms with Crippen molar-refractivity contribution in [1.29, 1.82) is 0 Å². The van der Waals surface area contributed by atoms with E-state index in [1.165, 1.54) is 15.6 Å². The van der Waals surface area contributed by atoms with Gasteiger partial charge in [-0.25, -0.2) is 0 Å². The Kier molecular flexibility index (Phi) is 9.03. The normalized spacial score (nSPS) is 10.5. The predicted octanol–water partition coefficient (Wildman–Crippen LogP) is 5.75. The number of carbonyl (C=O) groups is 1. The fourth-order valence-electron chi connectivity index (χ4n) is 1.35. The fraction of sp³-hybridized carbons (Fsp3) is 0.500. The van der Waals surface area contributed by atoms with Gasteiger partial charge in [0.1, 0.15) is 0 Å². The van der Waals surface area contributed by atoms with Crippen LogP contribution in [0.3, 0.4) is 0 Å². The topological polar surface area (TPSA) is 17.1 Å². The SMILES string of the molecule is CCCSC(SCCC)=C(SC)C(=O)c1cccs1. The van der Waals surface area contributed by atoms with Crippen molar-refractivity contribution in [1.82, 2.24) is 0 Å². The maximum absolute atomic E-state index is 12.5. The molecule has 0 aliphatic rings. The van der Waals surface area contributed by atoms with Gasteiger partial charge >= 0.3 is 0 Å². The summed E-state index contributed by atoms with van der Waals surface area (Å²) in [6.45, 7) is 4.35. The highest BCUT2D eigenvalue weighted by Gasteiger charge is 2.18. The standard InChI is InChI=1S/C14H20OS4/c1-4-8-18-14(19-9-5-2)13(16-3)12(15)11-7-6-10-17-11/h6-7,10H,4-5,8-9H2,1-3H3. The van der Waals surface area contributed by atoms with Gasteiger partial charge in [0, 0.05) is 0 Å². The highest BCUT2D eigenvalue weighted by Crippen LogP contribution is 2.38. The van der Waals surface area contributed by atoms with Crippen LogP contribution in [0, 0.1) is 0 Å². The van der Waals surface area contributed by atoms with Crippen LogP contribution in [0.4, 0.5) is 0 Å². The van der Waals surface area contributed by atoms with Gasteiger partial charge in [0.25, 0.3) is 0 Å². The first-order chi connectivity index (χ1) is 9.24. The third-order valence-electron chi connectivity index (χ3n) is 2.22. The van der Waals surface area contributed by atoms with Crippen molar-refractivity contribution in [3.63, 3.8) is 0 Å². The molecule has 0 aromatic carbocycles. The Hall–Kier alpha value is 0.160. The number of allylic oxidation sites excluding steroid dienone is 1. The Balaban J connectivity index is 2.95. The molecule has 0 amide bonds. The Labute approximate surface area is 133 Å². The van der Waals surface area contributed by atoms with Crippen molar-refractivity contribution >= 4 is 52.4 Å². The van der Waals surface area contributed by atoms with Crippen molar-refractivity contribution in [2.75, 3.05) is 17.8 Å². The lowest BCUT2D eigenvalue weighted by atomic mass is 10.3. The van der Waals surface area contributed by atoms with Crippen LogP contribution in [0.5, 0.6) is 0 Å². The van der Waals surface area contributed by atoms with Gasteiger partial charge in [-0.15, -0.1) is 46.6 Å².